The van der Waals surface area contributed by atoms with Crippen molar-refractivity contribution in [3.63, 3.8) is 0 Å². The van der Waals surface area contributed by atoms with Gasteiger partial charge in [-0.15, -0.1) is 0 Å². The molecule has 3 heteroatoms. The van der Waals surface area contributed by atoms with Crippen LogP contribution < -0.4 is 0 Å². The molecule has 0 aromatic rings. The van der Waals surface area contributed by atoms with Gasteiger partial charge in [0, 0.05) is 18.1 Å². The molecule has 1 fully saturated rings. The highest BCUT2D eigenvalue weighted by atomic mass is 16.5. The number of ketones is 1. The van der Waals surface area contributed by atoms with E-state index in [0.29, 0.717) is 18.6 Å². The normalized spacial score (nSPS) is 18.9. The minimum absolute atomic E-state index is 0.0949. The molecule has 0 radical (unpaired) electrons. The van der Waals surface area contributed by atoms with Crippen molar-refractivity contribution in [1.29, 1.82) is 0 Å². The molecule has 0 aliphatic heterocycles. The van der Waals surface area contributed by atoms with E-state index < -0.39 is 0 Å². The summed E-state index contributed by atoms with van der Waals surface area (Å²) in [6.07, 6.45) is 5.40. The molecule has 14 heavy (non-hydrogen) atoms. The molecule has 0 N–H and O–H groups in total. The summed E-state index contributed by atoms with van der Waals surface area (Å²) in [5, 5.41) is 0. The van der Waals surface area contributed by atoms with Crippen LogP contribution in [-0.2, 0) is 14.3 Å². The first-order valence-electron chi connectivity index (χ1n) is 5.14. The summed E-state index contributed by atoms with van der Waals surface area (Å²) >= 11 is 0. The van der Waals surface area contributed by atoms with Gasteiger partial charge in [0.2, 0.25) is 0 Å². The number of ether oxygens (including phenoxy) is 1. The maximum Gasteiger partial charge on any atom is 0.331 e. The monoisotopic (exact) mass is 196 g/mol. The number of carbonyl (C=O) groups excluding carboxylic acids is 2. The molecule has 0 unspecified atom stereocenters. The van der Waals surface area contributed by atoms with E-state index in [1.807, 2.05) is 6.92 Å². The molecule has 0 heterocycles. The number of Topliss-reactive ketones (excluding diaryl/α,β-unsaturated/α-hetero) is 1. The highest BCUT2D eigenvalue weighted by Crippen LogP contribution is 2.19. The first-order chi connectivity index (χ1) is 6.74. The molecule has 0 aromatic carbocycles. The Morgan fingerprint density at radius 3 is 2.86 bits per heavy atom. The predicted molar refractivity (Wildman–Crippen MR) is 52.8 cm³/mol. The Morgan fingerprint density at radius 2 is 2.29 bits per heavy atom. The Bertz CT molecular complexity index is 253. The highest BCUT2D eigenvalue weighted by molar-refractivity contribution is 6.02. The van der Waals surface area contributed by atoms with E-state index in [1.165, 1.54) is 6.08 Å². The first-order valence-corrected chi connectivity index (χ1v) is 5.14. The van der Waals surface area contributed by atoms with E-state index in [2.05, 4.69) is 0 Å². The van der Waals surface area contributed by atoms with Crippen molar-refractivity contribution in [2.24, 2.45) is 0 Å². The Labute approximate surface area is 84.1 Å². The van der Waals surface area contributed by atoms with Gasteiger partial charge in [0.1, 0.15) is 0 Å². The zero-order chi connectivity index (χ0) is 10.4. The van der Waals surface area contributed by atoms with Crippen molar-refractivity contribution in [2.75, 3.05) is 6.61 Å². The Balaban J connectivity index is 2.34. The number of unbranched alkanes of at least 4 members (excludes halogenated alkanes) is 1. The largest absolute Gasteiger partial charge is 0.463 e. The van der Waals surface area contributed by atoms with E-state index in [0.717, 1.165) is 25.7 Å². The van der Waals surface area contributed by atoms with Crippen molar-refractivity contribution in [2.45, 2.75) is 39.0 Å². The highest BCUT2D eigenvalue weighted by Gasteiger charge is 2.18. The van der Waals surface area contributed by atoms with Gasteiger partial charge in [-0.2, -0.15) is 0 Å². The van der Waals surface area contributed by atoms with E-state index in [1.54, 1.807) is 0 Å². The molecule has 1 aliphatic carbocycles. The third-order valence-corrected chi connectivity index (χ3v) is 2.24. The average molecular weight is 196 g/mol. The molecule has 3 nitrogen and oxygen atoms in total. The number of carbonyl (C=O) groups is 2. The zero-order valence-corrected chi connectivity index (χ0v) is 8.54. The third kappa shape index (κ3) is 3.32. The van der Waals surface area contributed by atoms with Gasteiger partial charge in [0.05, 0.1) is 6.61 Å². The second kappa shape index (κ2) is 5.58. The molecule has 78 valence electrons. The lowest BCUT2D eigenvalue weighted by molar-refractivity contribution is -0.138. The zero-order valence-electron chi connectivity index (χ0n) is 8.54. The van der Waals surface area contributed by atoms with Crippen LogP contribution in [0, 0.1) is 0 Å². The van der Waals surface area contributed by atoms with Gasteiger partial charge in [-0.3, -0.25) is 4.79 Å². The van der Waals surface area contributed by atoms with E-state index in [9.17, 15) is 9.59 Å². The van der Waals surface area contributed by atoms with Crippen molar-refractivity contribution >= 4 is 11.8 Å². The summed E-state index contributed by atoms with van der Waals surface area (Å²) in [5.74, 6) is -0.277. The van der Waals surface area contributed by atoms with Gasteiger partial charge in [-0.25, -0.2) is 4.79 Å². The Kier molecular flexibility index (Phi) is 4.36. The molecule has 1 aliphatic rings. The number of hydrogen-bond donors (Lipinski definition) is 0. The fourth-order valence-corrected chi connectivity index (χ4v) is 1.39. The minimum Gasteiger partial charge on any atom is -0.463 e. The summed E-state index contributed by atoms with van der Waals surface area (Å²) in [6, 6.07) is 0. The fraction of sp³-hybridized carbons (Fsp3) is 0.636. The minimum atomic E-state index is -0.372. The van der Waals surface area contributed by atoms with Gasteiger partial charge in [0.25, 0.3) is 0 Å². The summed E-state index contributed by atoms with van der Waals surface area (Å²) in [7, 11) is 0. The maximum absolute atomic E-state index is 11.2. The average Bonchev–Trinajstić information content (AvgIpc) is 2.52. The van der Waals surface area contributed by atoms with Crippen molar-refractivity contribution in [3.8, 4) is 0 Å². The number of esters is 1. The van der Waals surface area contributed by atoms with Crippen LogP contribution in [0.4, 0.5) is 0 Å². The van der Waals surface area contributed by atoms with Crippen LogP contribution in [0.2, 0.25) is 0 Å². The number of allylic oxidation sites excluding steroid dienone is 1. The molecule has 0 saturated heterocycles. The Morgan fingerprint density at radius 1 is 1.50 bits per heavy atom. The summed E-state index contributed by atoms with van der Waals surface area (Å²) in [4.78, 5) is 22.3. The first kappa shape index (κ1) is 11.0. The van der Waals surface area contributed by atoms with Gasteiger partial charge in [0.15, 0.2) is 5.78 Å². The SMILES string of the molecule is CCCCOC(=O)/C=C1\CCCC1=O. The fourth-order valence-electron chi connectivity index (χ4n) is 1.39. The second-order valence-corrected chi connectivity index (χ2v) is 3.47. The molecular formula is C11H16O3. The van der Waals surface area contributed by atoms with Gasteiger partial charge >= 0.3 is 5.97 Å². The van der Waals surface area contributed by atoms with Crippen LogP contribution in [0.5, 0.6) is 0 Å². The van der Waals surface area contributed by atoms with Crippen molar-refractivity contribution < 1.29 is 14.3 Å². The van der Waals surface area contributed by atoms with E-state index >= 15 is 0 Å². The van der Waals surface area contributed by atoms with Crippen LogP contribution in [-0.4, -0.2) is 18.4 Å². The van der Waals surface area contributed by atoms with Gasteiger partial charge in [-0.1, -0.05) is 13.3 Å². The molecule has 1 saturated carbocycles. The van der Waals surface area contributed by atoms with E-state index in [4.69, 9.17) is 4.74 Å². The second-order valence-electron chi connectivity index (χ2n) is 3.47. The molecule has 0 spiro atoms. The number of hydrogen-bond acceptors (Lipinski definition) is 3. The molecule has 0 amide bonds. The lowest BCUT2D eigenvalue weighted by atomic mass is 10.2. The third-order valence-electron chi connectivity index (χ3n) is 2.24. The topological polar surface area (TPSA) is 43.4 Å². The van der Waals surface area contributed by atoms with E-state index in [-0.39, 0.29) is 11.8 Å². The van der Waals surface area contributed by atoms with Crippen LogP contribution in [0.3, 0.4) is 0 Å². The van der Waals surface area contributed by atoms with Crippen LogP contribution >= 0.6 is 0 Å². The summed E-state index contributed by atoms with van der Waals surface area (Å²) in [5.41, 5.74) is 0.631. The maximum atomic E-state index is 11.2. The van der Waals surface area contributed by atoms with Crippen LogP contribution in [0.15, 0.2) is 11.6 Å². The number of rotatable bonds is 4. The van der Waals surface area contributed by atoms with Gasteiger partial charge < -0.3 is 4.74 Å². The molecule has 0 bridgehead atoms. The lowest BCUT2D eigenvalue weighted by Crippen LogP contribution is -2.04. The van der Waals surface area contributed by atoms with Gasteiger partial charge in [-0.05, 0) is 19.3 Å². The lowest BCUT2D eigenvalue weighted by Gasteiger charge is -2.00. The van der Waals surface area contributed by atoms with Crippen LogP contribution in [0.25, 0.3) is 0 Å². The molecule has 1 rings (SSSR count). The van der Waals surface area contributed by atoms with Crippen molar-refractivity contribution in [3.05, 3.63) is 11.6 Å². The predicted octanol–water partition coefficient (Wildman–Crippen LogP) is 2.01. The summed E-state index contributed by atoms with van der Waals surface area (Å²) < 4.78 is 4.93. The Hall–Kier alpha value is -1.12. The molecular weight excluding hydrogens is 180 g/mol. The molecule has 0 atom stereocenters. The van der Waals surface area contributed by atoms with Crippen LogP contribution in [0.1, 0.15) is 39.0 Å². The standard InChI is InChI=1S/C11H16O3/c1-2-3-7-14-11(13)8-9-5-4-6-10(9)12/h8H,2-7H2,1H3/b9-8+. The summed E-state index contributed by atoms with van der Waals surface area (Å²) in [6.45, 7) is 2.49. The van der Waals surface area contributed by atoms with Crippen molar-refractivity contribution in [1.82, 2.24) is 0 Å². The quantitative estimate of drug-likeness (QED) is 0.392. The smallest absolute Gasteiger partial charge is 0.331 e. The molecule has 0 aromatic heterocycles.